The highest BCUT2D eigenvalue weighted by Gasteiger charge is 2.11. The first-order chi connectivity index (χ1) is 14.2. The van der Waals surface area contributed by atoms with E-state index in [2.05, 4.69) is 4.98 Å². The van der Waals surface area contributed by atoms with Gasteiger partial charge in [-0.15, -0.1) is 0 Å². The Morgan fingerprint density at radius 1 is 1.00 bits per heavy atom. The zero-order valence-electron chi connectivity index (χ0n) is 15.3. The highest BCUT2D eigenvalue weighted by atomic mass is 32.2. The summed E-state index contributed by atoms with van der Waals surface area (Å²) < 4.78 is 11.5. The number of thioether (sulfide) groups is 1. The highest BCUT2D eigenvalue weighted by molar-refractivity contribution is 8.03. The zero-order valence-corrected chi connectivity index (χ0v) is 16.1. The van der Waals surface area contributed by atoms with Gasteiger partial charge in [0, 0.05) is 10.5 Å². The van der Waals surface area contributed by atoms with Crippen molar-refractivity contribution in [2.45, 2.75) is 11.8 Å². The molecule has 0 spiro atoms. The number of oxazole rings is 1. The van der Waals surface area contributed by atoms with Crippen molar-refractivity contribution < 1.29 is 19.1 Å². The van der Waals surface area contributed by atoms with E-state index in [1.807, 2.05) is 54.6 Å². The van der Waals surface area contributed by atoms with Crippen molar-refractivity contribution in [1.29, 1.82) is 0 Å². The molecule has 0 atom stereocenters. The summed E-state index contributed by atoms with van der Waals surface area (Å²) in [5.41, 5.74) is 2.91. The molecule has 144 valence electrons. The number of carboxylic acids is 1. The maximum Gasteiger partial charge on any atom is 0.261 e. The molecule has 0 amide bonds. The van der Waals surface area contributed by atoms with E-state index in [1.165, 1.54) is 6.08 Å². The van der Waals surface area contributed by atoms with Gasteiger partial charge in [0.2, 0.25) is 0 Å². The lowest BCUT2D eigenvalue weighted by atomic mass is 10.2. The van der Waals surface area contributed by atoms with E-state index >= 15 is 0 Å². The van der Waals surface area contributed by atoms with Crippen LogP contribution in [0.15, 0.2) is 93.4 Å². The molecule has 0 saturated heterocycles. The van der Waals surface area contributed by atoms with Crippen LogP contribution in [0.3, 0.4) is 0 Å². The molecule has 0 saturated carbocycles. The quantitative estimate of drug-likeness (QED) is 0.339. The Morgan fingerprint density at radius 3 is 2.52 bits per heavy atom. The van der Waals surface area contributed by atoms with Crippen molar-refractivity contribution in [2.75, 3.05) is 0 Å². The van der Waals surface area contributed by atoms with Crippen LogP contribution >= 0.6 is 11.8 Å². The van der Waals surface area contributed by atoms with Gasteiger partial charge in [0.15, 0.2) is 5.58 Å². The monoisotopic (exact) mass is 402 g/mol. The zero-order chi connectivity index (χ0) is 20.1. The summed E-state index contributed by atoms with van der Waals surface area (Å²) >= 11 is 0.906. The summed E-state index contributed by atoms with van der Waals surface area (Å²) in [5.74, 6) is -0.733. The molecular weight excluding hydrogens is 386 g/mol. The van der Waals surface area contributed by atoms with Gasteiger partial charge in [0.05, 0.1) is 5.97 Å². The maximum absolute atomic E-state index is 11.7. The third-order valence-electron chi connectivity index (χ3n) is 4.12. The van der Waals surface area contributed by atoms with Gasteiger partial charge in [-0.3, -0.25) is 0 Å². The lowest BCUT2D eigenvalue weighted by Gasteiger charge is -2.11. The number of rotatable bonds is 7. The van der Waals surface area contributed by atoms with Gasteiger partial charge >= 0.3 is 0 Å². The largest absolute Gasteiger partial charge is 0.544 e. The normalized spacial score (nSPS) is 11.5. The van der Waals surface area contributed by atoms with Crippen molar-refractivity contribution in [3.8, 4) is 5.75 Å². The van der Waals surface area contributed by atoms with Crippen molar-refractivity contribution in [2.24, 2.45) is 0 Å². The minimum atomic E-state index is -1.31. The Morgan fingerprint density at radius 2 is 1.72 bits per heavy atom. The van der Waals surface area contributed by atoms with E-state index in [-0.39, 0.29) is 10.1 Å². The van der Waals surface area contributed by atoms with Crippen molar-refractivity contribution in [3.05, 3.63) is 94.9 Å². The SMILES string of the molecule is O=C([O-])/C(=C\c1ccccc1OCc1ccccc1)Sc1nc2ccccc2o1. The number of aliphatic carboxylic acids is 1. The number of carboxylic acid groups (broad SMARTS) is 1. The van der Waals surface area contributed by atoms with Crippen molar-refractivity contribution in [3.63, 3.8) is 0 Å². The third kappa shape index (κ3) is 4.67. The molecule has 0 radical (unpaired) electrons. The first-order valence-electron chi connectivity index (χ1n) is 8.91. The van der Waals surface area contributed by atoms with Crippen LogP contribution in [-0.2, 0) is 11.4 Å². The van der Waals surface area contributed by atoms with Gasteiger partial charge in [-0.1, -0.05) is 60.7 Å². The molecule has 4 aromatic rings. The molecule has 0 fully saturated rings. The van der Waals surface area contributed by atoms with Gasteiger partial charge in [0.25, 0.3) is 5.22 Å². The number of carbonyl (C=O) groups excluding carboxylic acids is 1. The molecule has 4 rings (SSSR count). The van der Waals surface area contributed by atoms with Gasteiger partial charge in [0.1, 0.15) is 17.9 Å². The minimum absolute atomic E-state index is 0.0210. The highest BCUT2D eigenvalue weighted by Crippen LogP contribution is 2.32. The lowest BCUT2D eigenvalue weighted by Crippen LogP contribution is -2.23. The van der Waals surface area contributed by atoms with E-state index in [0.29, 0.717) is 29.0 Å². The number of hydrogen-bond acceptors (Lipinski definition) is 6. The molecule has 0 aliphatic carbocycles. The Bertz CT molecular complexity index is 1130. The van der Waals surface area contributed by atoms with E-state index in [1.54, 1.807) is 24.3 Å². The molecule has 5 nitrogen and oxygen atoms in total. The summed E-state index contributed by atoms with van der Waals surface area (Å²) in [4.78, 5) is 16.0. The Hall–Kier alpha value is -3.51. The predicted octanol–water partition coefficient (Wildman–Crippen LogP) is 4.29. The Labute approximate surface area is 171 Å². The van der Waals surface area contributed by atoms with Crippen LogP contribution < -0.4 is 9.84 Å². The van der Waals surface area contributed by atoms with Gasteiger partial charge in [-0.25, -0.2) is 4.98 Å². The average molecular weight is 402 g/mol. The van der Waals surface area contributed by atoms with E-state index in [4.69, 9.17) is 9.15 Å². The van der Waals surface area contributed by atoms with Crippen LogP contribution in [0.4, 0.5) is 0 Å². The summed E-state index contributed by atoms with van der Waals surface area (Å²) in [6.45, 7) is 0.380. The van der Waals surface area contributed by atoms with Gasteiger partial charge in [-0.2, -0.15) is 0 Å². The molecule has 29 heavy (non-hydrogen) atoms. The van der Waals surface area contributed by atoms with Crippen LogP contribution in [0, 0.1) is 0 Å². The molecular formula is C23H16NO4S-. The molecule has 0 N–H and O–H groups in total. The second kappa shape index (κ2) is 8.67. The number of fused-ring (bicyclic) bond motifs is 1. The first kappa shape index (κ1) is 18.8. The van der Waals surface area contributed by atoms with E-state index in [0.717, 1.165) is 17.3 Å². The molecule has 0 aliphatic heterocycles. The summed E-state index contributed by atoms with van der Waals surface area (Å²) in [6.07, 6.45) is 1.51. The van der Waals surface area contributed by atoms with Crippen molar-refractivity contribution in [1.82, 2.24) is 4.98 Å². The average Bonchev–Trinajstić information content (AvgIpc) is 3.16. The number of hydrogen-bond donors (Lipinski definition) is 0. The number of carbonyl (C=O) groups is 1. The first-order valence-corrected chi connectivity index (χ1v) is 9.73. The number of ether oxygens (including phenoxy) is 1. The molecule has 1 aromatic heterocycles. The van der Waals surface area contributed by atoms with E-state index < -0.39 is 5.97 Å². The molecule has 0 aliphatic rings. The second-order valence-electron chi connectivity index (χ2n) is 6.16. The second-order valence-corrected chi connectivity index (χ2v) is 7.15. The fourth-order valence-corrected chi connectivity index (χ4v) is 3.46. The number of benzene rings is 3. The summed E-state index contributed by atoms with van der Waals surface area (Å²) in [7, 11) is 0. The molecule has 0 unspecified atom stereocenters. The molecule has 6 heteroatoms. The lowest BCUT2D eigenvalue weighted by molar-refractivity contribution is -0.298. The summed E-state index contributed by atoms with van der Waals surface area (Å²) in [5, 5.41) is 11.9. The molecule has 1 heterocycles. The number of para-hydroxylation sites is 3. The van der Waals surface area contributed by atoms with Crippen LogP contribution in [0.5, 0.6) is 5.75 Å². The maximum atomic E-state index is 11.7. The van der Waals surface area contributed by atoms with E-state index in [9.17, 15) is 9.90 Å². The Kier molecular flexibility index (Phi) is 5.63. The molecule has 3 aromatic carbocycles. The van der Waals surface area contributed by atoms with Crippen LogP contribution in [0.1, 0.15) is 11.1 Å². The van der Waals surface area contributed by atoms with Crippen LogP contribution in [0.2, 0.25) is 0 Å². The van der Waals surface area contributed by atoms with Crippen LogP contribution in [0.25, 0.3) is 17.2 Å². The smallest absolute Gasteiger partial charge is 0.261 e. The minimum Gasteiger partial charge on any atom is -0.544 e. The Balaban J connectivity index is 1.59. The number of nitrogens with zero attached hydrogens (tertiary/aromatic N) is 1. The van der Waals surface area contributed by atoms with Crippen molar-refractivity contribution >= 4 is 34.9 Å². The predicted molar refractivity (Wildman–Crippen MR) is 110 cm³/mol. The van der Waals surface area contributed by atoms with Crippen LogP contribution in [-0.4, -0.2) is 11.0 Å². The topological polar surface area (TPSA) is 75.4 Å². The third-order valence-corrected chi connectivity index (χ3v) is 4.97. The fourth-order valence-electron chi connectivity index (χ4n) is 2.73. The van der Waals surface area contributed by atoms with Gasteiger partial charge < -0.3 is 19.1 Å². The standard InChI is InChI=1S/C23H17NO4S/c25-22(26)21(29-23-24-18-11-5-7-13-20(18)28-23)14-17-10-4-6-12-19(17)27-15-16-8-2-1-3-9-16/h1-14H,15H2,(H,25,26)/p-1/b21-14+. The fraction of sp³-hybridized carbons (Fsp3) is 0.0435. The summed E-state index contributed by atoms with van der Waals surface area (Å²) in [6, 6.07) is 24.2. The van der Waals surface area contributed by atoms with Gasteiger partial charge in [-0.05, 0) is 41.6 Å². The molecule has 0 bridgehead atoms. The number of aromatic nitrogens is 1.